The number of rotatable bonds is 31. The highest BCUT2D eigenvalue weighted by Gasteiger charge is 2.25. The monoisotopic (exact) mass is 1770 g/mol. The Morgan fingerprint density at radius 1 is 0.538 bits per heavy atom. The van der Waals surface area contributed by atoms with Crippen LogP contribution >= 0.6 is 11.8 Å². The molecule has 7 aromatic heterocycles. The fraction of sp³-hybridized carbons (Fsp3) is 0.280. The molecule has 674 valence electrons. The zero-order chi connectivity index (χ0) is 91.7. The van der Waals surface area contributed by atoms with Crippen molar-refractivity contribution >= 4 is 132 Å². The quantitative estimate of drug-likeness (QED) is 0.00832. The van der Waals surface area contributed by atoms with E-state index in [1.165, 1.54) is 90.6 Å². The summed E-state index contributed by atoms with van der Waals surface area (Å²) >= 11 is 1.70. The van der Waals surface area contributed by atoms with E-state index in [0.717, 1.165) is 214 Å². The van der Waals surface area contributed by atoms with E-state index in [9.17, 15) is 24.0 Å². The van der Waals surface area contributed by atoms with Crippen LogP contribution in [-0.2, 0) is 88.0 Å². The van der Waals surface area contributed by atoms with Gasteiger partial charge in [-0.2, -0.15) is 0 Å². The number of hydrogen-bond donors (Lipinski definition) is 11. The minimum absolute atomic E-state index is 0.0541. The number of fused-ring (bicyclic) bond motifs is 6. The maximum atomic E-state index is 11.3. The van der Waals surface area contributed by atoms with Gasteiger partial charge < -0.3 is 33.1 Å². The van der Waals surface area contributed by atoms with Gasteiger partial charge in [-0.1, -0.05) is 129 Å². The van der Waals surface area contributed by atoms with Crippen LogP contribution in [0.4, 0.5) is 0 Å². The lowest BCUT2D eigenvalue weighted by atomic mass is 9.93. The van der Waals surface area contributed by atoms with Crippen LogP contribution in [0.3, 0.4) is 0 Å². The number of nitrogens with zero attached hydrogens (tertiary/aromatic N) is 13. The maximum Gasteiger partial charge on any atom is 0.267 e. The number of pyridine rings is 2. The summed E-state index contributed by atoms with van der Waals surface area (Å²) in [7, 11) is 4.18. The van der Waals surface area contributed by atoms with Crippen LogP contribution in [0.15, 0.2) is 236 Å². The van der Waals surface area contributed by atoms with Crippen molar-refractivity contribution in [3.05, 3.63) is 298 Å². The summed E-state index contributed by atoms with van der Waals surface area (Å²) in [4.78, 5) is 95.5. The Hall–Kier alpha value is -13.7. The molecule has 16 rings (SSSR count). The molecular weight excluding hydrogens is 1660 g/mol. The summed E-state index contributed by atoms with van der Waals surface area (Å²) in [6, 6.07) is 46.1. The van der Waals surface area contributed by atoms with Gasteiger partial charge in [0.1, 0.15) is 17.5 Å². The predicted molar refractivity (Wildman–Crippen MR) is 510 cm³/mol. The molecule has 2 aliphatic carbocycles. The van der Waals surface area contributed by atoms with E-state index in [-0.39, 0.29) is 5.41 Å². The van der Waals surface area contributed by atoms with E-state index < -0.39 is 29.5 Å². The largest absolute Gasteiger partial charge is 0.342 e. The van der Waals surface area contributed by atoms with Gasteiger partial charge >= 0.3 is 0 Å². The lowest BCUT2D eigenvalue weighted by molar-refractivity contribution is -0.124. The number of nitrogens with one attached hydrogen (secondary N) is 6. The van der Waals surface area contributed by atoms with Crippen molar-refractivity contribution in [1.29, 1.82) is 0 Å². The number of H-pyrrole nitrogens is 1. The summed E-state index contributed by atoms with van der Waals surface area (Å²) in [6.45, 7) is 16.7. The van der Waals surface area contributed by atoms with Crippen molar-refractivity contribution in [2.24, 2.45) is 5.41 Å². The van der Waals surface area contributed by atoms with Crippen molar-refractivity contribution in [3.63, 3.8) is 0 Å². The number of thioether (sulfide) groups is 1. The Bertz CT molecular complexity index is 6300. The van der Waals surface area contributed by atoms with E-state index in [1.54, 1.807) is 81.9 Å². The smallest absolute Gasteiger partial charge is 0.267 e. The Morgan fingerprint density at radius 3 is 1.62 bits per heavy atom. The van der Waals surface area contributed by atoms with Crippen molar-refractivity contribution in [1.82, 2.24) is 95.3 Å². The van der Waals surface area contributed by atoms with Gasteiger partial charge in [-0.05, 0) is 257 Å². The average Bonchev–Trinajstić information content (AvgIpc) is 1.64. The van der Waals surface area contributed by atoms with Gasteiger partial charge in [0.25, 0.3) is 29.5 Å². The van der Waals surface area contributed by atoms with Crippen LogP contribution in [0.25, 0.3) is 91.1 Å². The first-order valence-electron chi connectivity index (χ1n) is 43.6. The first-order valence-corrected chi connectivity index (χ1v) is 44.6. The number of amides is 5. The molecule has 13 aromatic rings. The van der Waals surface area contributed by atoms with Crippen LogP contribution in [0.2, 0.25) is 0 Å². The van der Waals surface area contributed by atoms with Crippen molar-refractivity contribution < 1.29 is 50.0 Å². The molecule has 8 heterocycles. The van der Waals surface area contributed by atoms with E-state index in [2.05, 4.69) is 149 Å². The molecule has 29 nitrogen and oxygen atoms in total. The number of imidazole rings is 5. The average molecular weight is 1770 g/mol. The fourth-order valence-electron chi connectivity index (χ4n) is 16.1. The Labute approximate surface area is 759 Å². The molecule has 0 atom stereocenters. The minimum Gasteiger partial charge on any atom is -0.342 e. The summed E-state index contributed by atoms with van der Waals surface area (Å²) < 4.78 is 8.97. The molecule has 6 aromatic carbocycles. The number of aromatic amines is 1. The first kappa shape index (κ1) is 95.4. The zero-order valence-electron chi connectivity index (χ0n) is 74.1. The maximum absolute atomic E-state index is 11.3. The third-order valence-corrected chi connectivity index (χ3v) is 23.2. The van der Waals surface area contributed by atoms with Gasteiger partial charge in [-0.3, -0.25) is 60.0 Å². The second kappa shape index (κ2) is 47.9. The molecule has 130 heavy (non-hydrogen) atoms. The summed E-state index contributed by atoms with van der Waals surface area (Å²) in [5.74, 6) is 1.10. The lowest BCUT2D eigenvalue weighted by Crippen LogP contribution is -2.32. The molecule has 3 aliphatic rings. The predicted octanol–water partition coefficient (Wildman–Crippen LogP) is 16.1. The highest BCUT2D eigenvalue weighted by molar-refractivity contribution is 7.98. The number of allylic oxidation sites excluding steroid dienone is 6. The molecule has 11 N–H and O–H groups in total. The molecular formula is C100H113N19O10S. The molecule has 0 bridgehead atoms. The second-order valence-electron chi connectivity index (χ2n) is 32.7. The number of hydrogen-bond acceptors (Lipinski definition) is 20. The molecule has 30 heteroatoms. The number of hydroxylamine groups is 5. The van der Waals surface area contributed by atoms with Gasteiger partial charge in [0.2, 0.25) is 0 Å². The van der Waals surface area contributed by atoms with Crippen LogP contribution in [-0.4, -0.2) is 164 Å². The van der Waals surface area contributed by atoms with Crippen molar-refractivity contribution in [2.75, 3.05) is 40.3 Å². The minimum atomic E-state index is -0.566. The van der Waals surface area contributed by atoms with Crippen molar-refractivity contribution in [3.8, 4) is 0 Å². The number of carbonyl (C=O) groups excluding carboxylic acids is 5. The van der Waals surface area contributed by atoms with E-state index in [0.29, 0.717) is 0 Å². The van der Waals surface area contributed by atoms with E-state index in [4.69, 9.17) is 41.0 Å². The van der Waals surface area contributed by atoms with Gasteiger partial charge in [0.15, 0.2) is 5.16 Å². The van der Waals surface area contributed by atoms with Gasteiger partial charge in [0, 0.05) is 119 Å². The Morgan fingerprint density at radius 2 is 1.07 bits per heavy atom. The molecule has 1 saturated heterocycles. The number of aryl methyl sites for hydroxylation is 5. The third-order valence-electron chi connectivity index (χ3n) is 22.1. The fourth-order valence-corrected chi connectivity index (χ4v) is 17.0. The highest BCUT2D eigenvalue weighted by atomic mass is 32.2. The number of likely N-dealkylation sites (tertiary alicyclic amines) is 1. The highest BCUT2D eigenvalue weighted by Crippen LogP contribution is 2.34. The van der Waals surface area contributed by atoms with Crippen LogP contribution in [0.5, 0.6) is 0 Å². The van der Waals surface area contributed by atoms with Crippen molar-refractivity contribution in [2.45, 2.75) is 142 Å². The SMILES string of the molecule is CCn1c(CC2=CC=CCC2)nc2cc(/C=C/C(=O)NO)ccc21.CCn1c(CCCC2=CCc3ccccc32)nc2cc(/C=C/C(=O)NO)ccc21.CN(C)CC(C)(C)Cn1c(SCc2cccnc2)nc2cc(/C=C/C(=O)NO)ccc21.O=C(/C=C/c1ccc2c(c1)ncn2CCN1CCCCC1)NO.O=C(/C=C/c1ccc2nc(CCc3cccnc3)[nH]c2c1)NO. The normalized spacial score (nSPS) is 13.3. The van der Waals surface area contributed by atoms with Crippen LogP contribution < -0.4 is 27.4 Å². The standard InChI is InChI=1S/C24H25N3O2.C23H29N5O2S.C19H21N3O2.C17H16N4O2.C17H22N4O2/c1-2-27-22-14-10-17(11-15-24(28)26-29)16-21(22)25-23(27)9-5-7-19-13-12-18-6-3-4-8-20(18)19;1-23(2,15-27(3)4)16-28-20-9-7-17(8-10-21(29)26-30)12-19(20)25-22(28)31-14-18-6-5-11-24-13-18;1-2-22-17-10-8-15(9-11-19(23)21-24)12-16(17)20-18(22)13-14-6-4-3-5-7-14;22-17(21-23)8-5-12-3-6-14-15(10-12)20-16(19-14)7-4-13-2-1-9-18-11-13;22-17(19-23)7-5-14-4-6-16-15(12-14)18-13-21(16)11-10-20-8-2-1-3-9-20/h3-4,6,8,10-11,13-16,29H,2,5,7,9,12H2,1H3,(H,26,28);5-13,30H,14-16H2,1-4H3,(H,26,29);3-4,6,8-12,24H,2,5,7,13H2,1H3,(H,21,23);1-3,5-6,8-11,23H,4,7H2,(H,19,20)(H,21,22);4-7,12-13,23H,1-3,8-11H2,(H,19,22)/b15-11+;10-8+;11-9+;8-5+;7-5+. The van der Waals surface area contributed by atoms with E-state index in [1.807, 2.05) is 128 Å². The molecule has 0 radical (unpaired) electrons. The molecule has 0 unspecified atom stereocenters. The Balaban J connectivity index is 0.000000148. The van der Waals surface area contributed by atoms with Gasteiger partial charge in [0.05, 0.1) is 61.5 Å². The van der Waals surface area contributed by atoms with Crippen LogP contribution in [0, 0.1) is 5.41 Å². The van der Waals surface area contributed by atoms with Crippen LogP contribution in [0.1, 0.15) is 140 Å². The third kappa shape index (κ3) is 27.7. The summed E-state index contributed by atoms with van der Waals surface area (Å²) in [6.07, 6.45) is 45.5. The zero-order valence-corrected chi connectivity index (χ0v) is 74.9. The van der Waals surface area contributed by atoms with Gasteiger partial charge in [-0.25, -0.2) is 52.3 Å². The number of aromatic nitrogens is 12. The molecule has 0 spiro atoms. The summed E-state index contributed by atoms with van der Waals surface area (Å²) in [5.41, 5.74) is 30.1. The molecule has 5 amide bonds. The molecule has 1 fully saturated rings. The van der Waals surface area contributed by atoms with Gasteiger partial charge in [-0.15, -0.1) is 0 Å². The molecule has 0 saturated carbocycles. The lowest BCUT2D eigenvalue weighted by Gasteiger charge is -2.29. The number of piperidine rings is 1. The summed E-state index contributed by atoms with van der Waals surface area (Å²) in [5, 5.41) is 43.7. The topological polar surface area (TPSA) is 379 Å². The first-order chi connectivity index (χ1) is 63.2. The Kier molecular flexibility index (Phi) is 35.2. The van der Waals surface area contributed by atoms with E-state index >= 15 is 0 Å². The number of carbonyl (C=O) groups is 5. The second-order valence-corrected chi connectivity index (χ2v) is 33.6. The molecule has 1 aliphatic heterocycles. The number of benzene rings is 6.